The van der Waals surface area contributed by atoms with Crippen molar-refractivity contribution in [1.82, 2.24) is 10.2 Å². The third-order valence-corrected chi connectivity index (χ3v) is 8.49. The highest BCUT2D eigenvalue weighted by Gasteiger charge is 2.34. The predicted molar refractivity (Wildman–Crippen MR) is 166 cm³/mol. The molecule has 2 amide bonds. The van der Waals surface area contributed by atoms with Crippen LogP contribution < -0.4 is 23.8 Å². The van der Waals surface area contributed by atoms with Crippen LogP contribution in [-0.2, 0) is 26.2 Å². The minimum Gasteiger partial charge on any atom is -0.497 e. The number of hydrogen-bond acceptors (Lipinski definition) is 7. The third-order valence-electron chi connectivity index (χ3n) is 6.72. The molecule has 0 spiro atoms. The van der Waals surface area contributed by atoms with E-state index in [0.29, 0.717) is 11.5 Å². The van der Waals surface area contributed by atoms with Crippen LogP contribution in [-0.4, -0.2) is 64.6 Å². The molecule has 0 saturated heterocycles. The van der Waals surface area contributed by atoms with E-state index in [1.54, 1.807) is 62.6 Å². The number of amides is 2. The van der Waals surface area contributed by atoms with Crippen LogP contribution in [0.15, 0.2) is 71.6 Å². The predicted octanol–water partition coefficient (Wildman–Crippen LogP) is 4.55. The van der Waals surface area contributed by atoms with Gasteiger partial charge in [-0.2, -0.15) is 0 Å². The lowest BCUT2D eigenvalue weighted by Crippen LogP contribution is -2.54. The van der Waals surface area contributed by atoms with Crippen molar-refractivity contribution in [2.24, 2.45) is 0 Å². The van der Waals surface area contributed by atoms with Gasteiger partial charge in [0.25, 0.3) is 10.0 Å². The van der Waals surface area contributed by atoms with Gasteiger partial charge in [-0.3, -0.25) is 13.9 Å². The lowest BCUT2D eigenvalue weighted by molar-refractivity contribution is -0.140. The average Bonchev–Trinajstić information content (AvgIpc) is 2.97. The minimum atomic E-state index is -4.28. The van der Waals surface area contributed by atoms with E-state index >= 15 is 0 Å². The zero-order valence-electron chi connectivity index (χ0n) is 26.0. The van der Waals surface area contributed by atoms with Gasteiger partial charge in [0.05, 0.1) is 31.9 Å². The molecule has 232 valence electrons. The van der Waals surface area contributed by atoms with Crippen LogP contribution in [0.4, 0.5) is 5.69 Å². The van der Waals surface area contributed by atoms with Gasteiger partial charge < -0.3 is 24.4 Å². The van der Waals surface area contributed by atoms with Crippen molar-refractivity contribution in [3.8, 4) is 17.2 Å². The number of hydrogen-bond donors (Lipinski definition) is 1. The van der Waals surface area contributed by atoms with E-state index < -0.39 is 34.1 Å². The van der Waals surface area contributed by atoms with E-state index in [1.165, 1.54) is 37.3 Å². The molecule has 0 bridgehead atoms. The standard InChI is InChI=1S/C32H41N3O7S/c1-22-9-16-27(17-10-22)43(38,39)35(28-19-26(41-7)15-18-29(28)42-8)21-30(36)34(23(2)31(37)33-32(3,4)5)20-24-11-13-25(40-6)14-12-24/h9-19,23H,20-21H2,1-8H3,(H,33,37)/t23-/m0/s1. The first-order chi connectivity index (χ1) is 20.2. The summed E-state index contributed by atoms with van der Waals surface area (Å²) in [5.74, 6) is 0.278. The van der Waals surface area contributed by atoms with Crippen LogP contribution >= 0.6 is 0 Å². The van der Waals surface area contributed by atoms with Gasteiger partial charge in [0.1, 0.15) is 29.8 Å². The largest absolute Gasteiger partial charge is 0.497 e. The van der Waals surface area contributed by atoms with Crippen molar-refractivity contribution in [2.75, 3.05) is 32.2 Å². The van der Waals surface area contributed by atoms with Crippen LogP contribution in [0.5, 0.6) is 17.2 Å². The number of methoxy groups -OCH3 is 3. The number of benzene rings is 3. The molecule has 0 fully saturated rings. The normalized spacial score (nSPS) is 12.2. The zero-order chi connectivity index (χ0) is 31.9. The van der Waals surface area contributed by atoms with Gasteiger partial charge in [-0.15, -0.1) is 0 Å². The molecular formula is C32H41N3O7S. The number of nitrogens with one attached hydrogen (secondary N) is 1. The minimum absolute atomic E-state index is 0.00370. The molecule has 11 heteroatoms. The molecule has 0 radical (unpaired) electrons. The van der Waals surface area contributed by atoms with Gasteiger partial charge in [-0.1, -0.05) is 29.8 Å². The van der Waals surface area contributed by atoms with E-state index in [1.807, 2.05) is 27.7 Å². The smallest absolute Gasteiger partial charge is 0.264 e. The van der Waals surface area contributed by atoms with Gasteiger partial charge in [0.2, 0.25) is 11.8 Å². The second-order valence-electron chi connectivity index (χ2n) is 11.1. The fourth-order valence-corrected chi connectivity index (χ4v) is 5.74. The van der Waals surface area contributed by atoms with E-state index in [4.69, 9.17) is 14.2 Å². The topological polar surface area (TPSA) is 114 Å². The van der Waals surface area contributed by atoms with E-state index in [2.05, 4.69) is 5.32 Å². The molecule has 0 aromatic heterocycles. The number of nitrogens with zero attached hydrogens (tertiary/aromatic N) is 2. The Morgan fingerprint density at radius 1 is 0.860 bits per heavy atom. The van der Waals surface area contributed by atoms with E-state index in [-0.39, 0.29) is 28.8 Å². The first-order valence-corrected chi connectivity index (χ1v) is 15.2. The van der Waals surface area contributed by atoms with Gasteiger partial charge in [0.15, 0.2) is 0 Å². The molecular weight excluding hydrogens is 570 g/mol. The summed E-state index contributed by atoms with van der Waals surface area (Å²) in [4.78, 5) is 28.9. The summed E-state index contributed by atoms with van der Waals surface area (Å²) in [6.45, 7) is 8.45. The van der Waals surface area contributed by atoms with Crippen LogP contribution in [0, 0.1) is 6.92 Å². The Morgan fingerprint density at radius 2 is 1.44 bits per heavy atom. The summed E-state index contributed by atoms with van der Waals surface area (Å²) in [7, 11) is 0.150. The number of carbonyl (C=O) groups is 2. The molecule has 0 saturated carbocycles. The van der Waals surface area contributed by atoms with Gasteiger partial charge in [0, 0.05) is 18.2 Å². The van der Waals surface area contributed by atoms with Crippen molar-refractivity contribution in [1.29, 1.82) is 0 Å². The monoisotopic (exact) mass is 611 g/mol. The maximum absolute atomic E-state index is 14.2. The fraction of sp³-hybridized carbons (Fsp3) is 0.375. The molecule has 3 aromatic carbocycles. The molecule has 0 aliphatic carbocycles. The van der Waals surface area contributed by atoms with Crippen molar-refractivity contribution < 1.29 is 32.2 Å². The second kappa shape index (κ2) is 13.8. The number of rotatable bonds is 12. The van der Waals surface area contributed by atoms with Crippen molar-refractivity contribution in [3.05, 3.63) is 77.9 Å². The van der Waals surface area contributed by atoms with Crippen LogP contribution in [0.2, 0.25) is 0 Å². The molecule has 1 N–H and O–H groups in total. The first kappa shape index (κ1) is 33.3. The highest BCUT2D eigenvalue weighted by molar-refractivity contribution is 7.92. The molecule has 0 aliphatic rings. The zero-order valence-corrected chi connectivity index (χ0v) is 26.8. The van der Waals surface area contributed by atoms with Crippen molar-refractivity contribution >= 4 is 27.5 Å². The molecule has 1 atom stereocenters. The summed E-state index contributed by atoms with van der Waals surface area (Å²) in [6, 6.07) is 17.2. The second-order valence-corrected chi connectivity index (χ2v) is 13.0. The maximum atomic E-state index is 14.2. The van der Waals surface area contributed by atoms with Gasteiger partial charge in [-0.25, -0.2) is 8.42 Å². The molecule has 3 aromatic rings. The summed E-state index contributed by atoms with van der Waals surface area (Å²) in [6.07, 6.45) is 0. The Labute approximate surface area is 254 Å². The third kappa shape index (κ3) is 8.41. The Hall–Kier alpha value is -4.25. The fourth-order valence-electron chi connectivity index (χ4n) is 4.33. The Morgan fingerprint density at radius 3 is 1.98 bits per heavy atom. The molecule has 43 heavy (non-hydrogen) atoms. The molecule has 3 rings (SSSR count). The van der Waals surface area contributed by atoms with Crippen molar-refractivity contribution in [3.63, 3.8) is 0 Å². The van der Waals surface area contributed by atoms with Crippen LogP contribution in [0.1, 0.15) is 38.8 Å². The Balaban J connectivity index is 2.12. The SMILES string of the molecule is COc1ccc(CN(C(=O)CN(c2cc(OC)ccc2OC)S(=O)(=O)c2ccc(C)cc2)[C@@H](C)C(=O)NC(C)(C)C)cc1. The van der Waals surface area contributed by atoms with E-state index in [9.17, 15) is 18.0 Å². The number of aryl methyl sites for hydroxylation is 1. The highest BCUT2D eigenvalue weighted by atomic mass is 32.2. The Bertz CT molecular complexity index is 1520. The summed E-state index contributed by atoms with van der Waals surface area (Å²) >= 11 is 0. The lowest BCUT2D eigenvalue weighted by atomic mass is 10.1. The summed E-state index contributed by atoms with van der Waals surface area (Å²) in [5.41, 5.74) is 1.18. The van der Waals surface area contributed by atoms with Gasteiger partial charge in [-0.05, 0) is 76.6 Å². The van der Waals surface area contributed by atoms with E-state index in [0.717, 1.165) is 15.4 Å². The molecule has 0 unspecified atom stereocenters. The quantitative estimate of drug-likeness (QED) is 0.320. The maximum Gasteiger partial charge on any atom is 0.264 e. The van der Waals surface area contributed by atoms with Gasteiger partial charge >= 0.3 is 0 Å². The first-order valence-electron chi connectivity index (χ1n) is 13.8. The van der Waals surface area contributed by atoms with Crippen molar-refractivity contribution in [2.45, 2.75) is 57.6 Å². The highest BCUT2D eigenvalue weighted by Crippen LogP contribution is 2.36. The average molecular weight is 612 g/mol. The number of sulfonamides is 1. The summed E-state index contributed by atoms with van der Waals surface area (Å²) in [5, 5.41) is 2.92. The summed E-state index contributed by atoms with van der Waals surface area (Å²) < 4.78 is 45.4. The van der Waals surface area contributed by atoms with Crippen LogP contribution in [0.3, 0.4) is 0 Å². The molecule has 0 heterocycles. The number of ether oxygens (including phenoxy) is 3. The Kier molecular flexibility index (Phi) is 10.7. The number of carbonyl (C=O) groups excluding carboxylic acids is 2. The molecule has 0 aliphatic heterocycles. The molecule has 10 nitrogen and oxygen atoms in total. The number of anilines is 1. The van der Waals surface area contributed by atoms with Crippen LogP contribution in [0.25, 0.3) is 0 Å². The lowest BCUT2D eigenvalue weighted by Gasteiger charge is -2.33.